The van der Waals surface area contributed by atoms with E-state index in [4.69, 9.17) is 15.2 Å². The van der Waals surface area contributed by atoms with E-state index in [0.29, 0.717) is 19.6 Å². The molecule has 1 aliphatic rings. The van der Waals surface area contributed by atoms with Gasteiger partial charge in [-0.1, -0.05) is 13.8 Å². The first kappa shape index (κ1) is 20.7. The summed E-state index contributed by atoms with van der Waals surface area (Å²) in [6.45, 7) is 11.1. The number of carbonyl (C=O) groups is 1. The molecule has 3 N–H and O–H groups in total. The maximum Gasteiger partial charge on any atom is 0.245 e. The molecular formula is C18H29ClN2O3. The molecule has 2 unspecified atom stereocenters. The molecule has 5 nitrogen and oxygen atoms in total. The molecule has 1 fully saturated rings. The van der Waals surface area contributed by atoms with Gasteiger partial charge in [0.15, 0.2) is 0 Å². The minimum atomic E-state index is -0.919. The lowest BCUT2D eigenvalue weighted by Gasteiger charge is -2.57. The van der Waals surface area contributed by atoms with Crippen LogP contribution >= 0.6 is 12.4 Å². The molecule has 136 valence electrons. The van der Waals surface area contributed by atoms with Gasteiger partial charge in [-0.25, -0.2) is 0 Å². The summed E-state index contributed by atoms with van der Waals surface area (Å²) in [5.74, 6) is 0.636. The van der Waals surface area contributed by atoms with E-state index in [1.807, 2.05) is 52.8 Å². The van der Waals surface area contributed by atoms with Crippen molar-refractivity contribution in [2.75, 3.05) is 18.5 Å². The van der Waals surface area contributed by atoms with E-state index >= 15 is 0 Å². The fraction of sp³-hybridized carbons (Fsp3) is 0.611. The van der Waals surface area contributed by atoms with Crippen LogP contribution < -0.4 is 15.8 Å². The van der Waals surface area contributed by atoms with Gasteiger partial charge in [0.1, 0.15) is 11.3 Å². The highest BCUT2D eigenvalue weighted by molar-refractivity contribution is 6.00. The molecule has 1 amide bonds. The summed E-state index contributed by atoms with van der Waals surface area (Å²) in [5.41, 5.74) is 6.80. The Morgan fingerprint density at radius 2 is 2.00 bits per heavy atom. The lowest BCUT2D eigenvalue weighted by atomic mass is 9.54. The standard InChI is InChI=1S/C18H28N2O3.ClH/c1-6-22-13-8-9-14(12(3)10-13)20-16(21)18(19)11-15(23-7-2)17(18,4)5;/h8-10,15H,6-7,11,19H2,1-5H3,(H,20,21);1H. The van der Waals surface area contributed by atoms with Crippen molar-refractivity contribution in [3.8, 4) is 5.75 Å². The number of anilines is 1. The van der Waals surface area contributed by atoms with Gasteiger partial charge in [0.05, 0.1) is 12.7 Å². The summed E-state index contributed by atoms with van der Waals surface area (Å²) in [7, 11) is 0. The van der Waals surface area contributed by atoms with Crippen molar-refractivity contribution in [1.82, 2.24) is 0 Å². The number of rotatable bonds is 6. The van der Waals surface area contributed by atoms with Gasteiger partial charge in [-0.2, -0.15) is 0 Å². The molecule has 6 heteroatoms. The minimum Gasteiger partial charge on any atom is -0.494 e. The third kappa shape index (κ3) is 3.53. The Kier molecular flexibility index (Phi) is 6.67. The molecule has 2 atom stereocenters. The van der Waals surface area contributed by atoms with E-state index < -0.39 is 11.0 Å². The maximum absolute atomic E-state index is 12.7. The van der Waals surface area contributed by atoms with Crippen molar-refractivity contribution < 1.29 is 14.3 Å². The highest BCUT2D eigenvalue weighted by Crippen LogP contribution is 2.50. The van der Waals surface area contributed by atoms with Crippen LogP contribution in [0.15, 0.2) is 18.2 Å². The smallest absolute Gasteiger partial charge is 0.245 e. The minimum absolute atomic E-state index is 0. The highest BCUT2D eigenvalue weighted by atomic mass is 35.5. The van der Waals surface area contributed by atoms with E-state index in [2.05, 4.69) is 5.32 Å². The fourth-order valence-corrected chi connectivity index (χ4v) is 3.09. The molecule has 1 aromatic carbocycles. The summed E-state index contributed by atoms with van der Waals surface area (Å²) in [6.07, 6.45) is 0.556. The molecule has 0 saturated heterocycles. The Hall–Kier alpha value is -1.30. The maximum atomic E-state index is 12.7. The number of carbonyl (C=O) groups excluding carboxylic acids is 1. The Labute approximate surface area is 150 Å². The van der Waals surface area contributed by atoms with Crippen LogP contribution in [0.3, 0.4) is 0 Å². The Morgan fingerprint density at radius 3 is 2.50 bits per heavy atom. The summed E-state index contributed by atoms with van der Waals surface area (Å²) >= 11 is 0. The van der Waals surface area contributed by atoms with Crippen LogP contribution in [0, 0.1) is 12.3 Å². The second-order valence-electron chi connectivity index (χ2n) is 6.71. The van der Waals surface area contributed by atoms with E-state index in [1.165, 1.54) is 0 Å². The second kappa shape index (κ2) is 7.72. The number of amides is 1. The third-order valence-corrected chi connectivity index (χ3v) is 4.99. The van der Waals surface area contributed by atoms with E-state index in [1.54, 1.807) is 0 Å². The fourth-order valence-electron chi connectivity index (χ4n) is 3.09. The summed E-state index contributed by atoms with van der Waals surface area (Å²) in [4.78, 5) is 12.7. The lowest BCUT2D eigenvalue weighted by Crippen LogP contribution is -2.74. The van der Waals surface area contributed by atoms with Crippen LogP contribution in [0.25, 0.3) is 0 Å². The Balaban J connectivity index is 0.00000288. The molecule has 1 aromatic rings. The number of hydrogen-bond donors (Lipinski definition) is 2. The Morgan fingerprint density at radius 1 is 1.33 bits per heavy atom. The van der Waals surface area contributed by atoms with Gasteiger partial charge in [-0.05, 0) is 44.5 Å². The average molecular weight is 357 g/mol. The number of halogens is 1. The van der Waals surface area contributed by atoms with Crippen molar-refractivity contribution in [2.45, 2.75) is 52.7 Å². The lowest BCUT2D eigenvalue weighted by molar-refractivity contribution is -0.166. The first-order valence-corrected chi connectivity index (χ1v) is 8.21. The molecule has 24 heavy (non-hydrogen) atoms. The first-order chi connectivity index (χ1) is 10.8. The van der Waals surface area contributed by atoms with Gasteiger partial charge < -0.3 is 20.5 Å². The average Bonchev–Trinajstić information content (AvgIpc) is 2.49. The molecule has 0 spiro atoms. The topological polar surface area (TPSA) is 73.6 Å². The molecular weight excluding hydrogens is 328 g/mol. The summed E-state index contributed by atoms with van der Waals surface area (Å²) in [5, 5.41) is 2.97. The molecule has 0 bridgehead atoms. The zero-order chi connectivity index (χ0) is 17.3. The third-order valence-electron chi connectivity index (χ3n) is 4.99. The SMILES string of the molecule is CCOc1ccc(NC(=O)C2(N)CC(OCC)C2(C)C)c(C)c1.Cl. The molecule has 0 radical (unpaired) electrons. The van der Waals surface area contributed by atoms with Crippen molar-refractivity contribution in [3.63, 3.8) is 0 Å². The molecule has 1 saturated carbocycles. The van der Waals surface area contributed by atoms with Gasteiger partial charge in [0.2, 0.25) is 5.91 Å². The largest absolute Gasteiger partial charge is 0.494 e. The van der Waals surface area contributed by atoms with Crippen LogP contribution in [-0.2, 0) is 9.53 Å². The number of nitrogens with one attached hydrogen (secondary N) is 1. The number of benzene rings is 1. The molecule has 2 rings (SSSR count). The van der Waals surface area contributed by atoms with Gasteiger partial charge >= 0.3 is 0 Å². The Bertz CT molecular complexity index is 592. The van der Waals surface area contributed by atoms with Crippen molar-refractivity contribution in [1.29, 1.82) is 0 Å². The molecule has 0 aliphatic heterocycles. The summed E-state index contributed by atoms with van der Waals surface area (Å²) < 4.78 is 11.1. The van der Waals surface area contributed by atoms with E-state index in [9.17, 15) is 4.79 Å². The van der Waals surface area contributed by atoms with Crippen molar-refractivity contribution in [3.05, 3.63) is 23.8 Å². The second-order valence-corrected chi connectivity index (χ2v) is 6.71. The number of hydrogen-bond acceptors (Lipinski definition) is 4. The summed E-state index contributed by atoms with van der Waals surface area (Å²) in [6, 6.07) is 5.62. The van der Waals surface area contributed by atoms with E-state index in [-0.39, 0.29) is 24.4 Å². The van der Waals surface area contributed by atoms with E-state index in [0.717, 1.165) is 17.0 Å². The zero-order valence-electron chi connectivity index (χ0n) is 15.1. The van der Waals surface area contributed by atoms with Crippen LogP contribution in [0.4, 0.5) is 5.69 Å². The number of nitrogens with two attached hydrogens (primary N) is 1. The van der Waals surface area contributed by atoms with Crippen LogP contribution in [0.1, 0.15) is 39.7 Å². The van der Waals surface area contributed by atoms with Crippen LogP contribution in [-0.4, -0.2) is 30.8 Å². The van der Waals surface area contributed by atoms with Crippen LogP contribution in [0.2, 0.25) is 0 Å². The zero-order valence-corrected chi connectivity index (χ0v) is 16.0. The van der Waals surface area contributed by atoms with Gasteiger partial charge in [0, 0.05) is 24.1 Å². The highest BCUT2D eigenvalue weighted by Gasteiger charge is 2.62. The van der Waals surface area contributed by atoms with Gasteiger partial charge in [-0.15, -0.1) is 12.4 Å². The number of ether oxygens (including phenoxy) is 2. The quantitative estimate of drug-likeness (QED) is 0.820. The normalized spacial score (nSPS) is 24.5. The van der Waals surface area contributed by atoms with Crippen LogP contribution in [0.5, 0.6) is 5.75 Å². The molecule has 1 aliphatic carbocycles. The first-order valence-electron chi connectivity index (χ1n) is 8.21. The van der Waals surface area contributed by atoms with Gasteiger partial charge in [0.25, 0.3) is 0 Å². The number of aryl methyl sites for hydroxylation is 1. The monoisotopic (exact) mass is 356 g/mol. The van der Waals surface area contributed by atoms with Crippen molar-refractivity contribution in [2.24, 2.45) is 11.1 Å². The predicted molar refractivity (Wildman–Crippen MR) is 99.0 cm³/mol. The predicted octanol–water partition coefficient (Wildman–Crippen LogP) is 3.29. The molecule has 0 aromatic heterocycles. The molecule has 0 heterocycles. The van der Waals surface area contributed by atoms with Crippen molar-refractivity contribution >= 4 is 24.0 Å². The van der Waals surface area contributed by atoms with Gasteiger partial charge in [-0.3, -0.25) is 4.79 Å².